The molecule has 0 aliphatic heterocycles. The van der Waals surface area contributed by atoms with Crippen molar-refractivity contribution in [2.24, 2.45) is 0 Å². The molecule has 0 aromatic heterocycles. The molecule has 0 aliphatic carbocycles. The molecule has 0 heterocycles. The number of allylic oxidation sites excluding steroid dienone is 2. The molecule has 4 heteroatoms. The fourth-order valence-electron chi connectivity index (χ4n) is 7.55. The molecular weight excluding hydrogens is 665 g/mol. The normalized spacial score (nSPS) is 12.9. The quantitative estimate of drug-likeness (QED) is 0.0635. The van der Waals surface area contributed by atoms with Gasteiger partial charge in [-0.05, 0) is 72.7 Å². The van der Waals surface area contributed by atoms with Crippen LogP contribution in [-0.2, 0) is 19.7 Å². The molecule has 0 unspecified atom stereocenters. The molecule has 264 valence electrons. The second kappa shape index (κ2) is 15.8. The summed E-state index contributed by atoms with van der Waals surface area (Å²) in [7, 11) is -4.39. The lowest BCUT2D eigenvalue weighted by molar-refractivity contribution is 0.290. The second-order valence-corrected chi connectivity index (χ2v) is 24.5. The molecule has 0 fully saturated rings. The van der Waals surface area contributed by atoms with E-state index >= 15 is 0 Å². The van der Waals surface area contributed by atoms with Crippen molar-refractivity contribution in [1.82, 2.24) is 0 Å². The first kappa shape index (κ1) is 36.9. The third kappa shape index (κ3) is 8.25. The maximum absolute atomic E-state index is 7.44. The maximum atomic E-state index is 7.44. The highest BCUT2D eigenvalue weighted by atomic mass is 28.4. The Balaban J connectivity index is 1.71. The van der Waals surface area contributed by atoms with Crippen LogP contribution in [0.4, 0.5) is 0 Å². The highest BCUT2D eigenvalue weighted by Crippen LogP contribution is 2.49. The molecule has 6 aromatic rings. The summed E-state index contributed by atoms with van der Waals surface area (Å²) in [5.74, 6) is 1.87. The number of rotatable bonds is 14. The van der Waals surface area contributed by atoms with Gasteiger partial charge >= 0.3 is 0 Å². The van der Waals surface area contributed by atoms with E-state index in [1.54, 1.807) is 0 Å². The van der Waals surface area contributed by atoms with Crippen LogP contribution >= 0.6 is 0 Å². The Kier molecular flexibility index (Phi) is 11.2. The Hall–Kier alpha value is -4.91. The van der Waals surface area contributed by atoms with Crippen molar-refractivity contribution in [3.05, 3.63) is 227 Å². The van der Waals surface area contributed by atoms with Crippen molar-refractivity contribution in [2.75, 3.05) is 0 Å². The highest BCUT2D eigenvalue weighted by Gasteiger charge is 2.43. The summed E-state index contributed by atoms with van der Waals surface area (Å²) < 4.78 is 14.9. The highest BCUT2D eigenvalue weighted by molar-refractivity contribution is 6.70. The van der Waals surface area contributed by atoms with Gasteiger partial charge in [0.1, 0.15) is 11.5 Å². The van der Waals surface area contributed by atoms with E-state index in [1.807, 2.05) is 0 Å². The van der Waals surface area contributed by atoms with Crippen molar-refractivity contribution in [3.8, 4) is 0 Å². The standard InChI is InChI=1S/C48H52O2Si2/c1-51(2,3)49-45(37-47(39-25-13-7-14-26-39,40-27-15-8-16-28-40)41-29-17-9-18-30-41)46(50-52(4,5)6)38-48(42-31-19-10-20-32-42,43-33-21-11-22-34-43)44-35-23-12-24-36-44/h7-36H,37-38H2,1-6H3. The van der Waals surface area contributed by atoms with Crippen LogP contribution in [0.1, 0.15) is 46.2 Å². The van der Waals surface area contributed by atoms with E-state index in [-0.39, 0.29) is 0 Å². The van der Waals surface area contributed by atoms with Crippen molar-refractivity contribution in [2.45, 2.75) is 63.0 Å². The molecule has 0 N–H and O–H groups in total. The predicted octanol–water partition coefficient (Wildman–Crippen LogP) is 12.8. The molecule has 0 bridgehead atoms. The Bertz CT molecular complexity index is 1670. The van der Waals surface area contributed by atoms with Gasteiger partial charge in [-0.3, -0.25) is 0 Å². The molecule has 0 amide bonds. The van der Waals surface area contributed by atoms with Crippen LogP contribution in [0, 0.1) is 0 Å². The van der Waals surface area contributed by atoms with Crippen molar-refractivity contribution in [1.29, 1.82) is 0 Å². The van der Waals surface area contributed by atoms with Gasteiger partial charge < -0.3 is 8.85 Å². The molecule has 6 rings (SSSR count). The minimum Gasteiger partial charge on any atom is -0.545 e. The van der Waals surface area contributed by atoms with E-state index < -0.39 is 27.5 Å². The zero-order valence-electron chi connectivity index (χ0n) is 31.6. The van der Waals surface area contributed by atoms with Gasteiger partial charge in [0.05, 0.1) is 10.8 Å². The van der Waals surface area contributed by atoms with E-state index in [2.05, 4.69) is 221 Å². The van der Waals surface area contributed by atoms with Crippen LogP contribution in [0.5, 0.6) is 0 Å². The van der Waals surface area contributed by atoms with Crippen molar-refractivity contribution >= 4 is 16.6 Å². The molecule has 6 aromatic carbocycles. The number of hydrogen-bond donors (Lipinski definition) is 0. The topological polar surface area (TPSA) is 18.5 Å². The van der Waals surface area contributed by atoms with E-state index in [1.165, 1.54) is 33.4 Å². The molecule has 0 radical (unpaired) electrons. The fraction of sp³-hybridized carbons (Fsp3) is 0.208. The Morgan fingerprint density at radius 2 is 0.500 bits per heavy atom. The average Bonchev–Trinajstić information content (AvgIpc) is 3.16. The summed E-state index contributed by atoms with van der Waals surface area (Å²) >= 11 is 0. The first-order chi connectivity index (χ1) is 25.0. The minimum atomic E-state index is -2.20. The van der Waals surface area contributed by atoms with E-state index in [0.29, 0.717) is 12.8 Å². The lowest BCUT2D eigenvalue weighted by Gasteiger charge is -2.41. The van der Waals surface area contributed by atoms with E-state index in [0.717, 1.165) is 11.5 Å². The van der Waals surface area contributed by atoms with Crippen molar-refractivity contribution < 1.29 is 8.85 Å². The summed E-state index contributed by atoms with van der Waals surface area (Å²) in [6, 6.07) is 65.8. The molecule has 0 saturated carbocycles. The van der Waals surface area contributed by atoms with Crippen LogP contribution in [-0.4, -0.2) is 16.6 Å². The SMILES string of the molecule is C[Si](C)(C)OC(CC(c1ccccc1)(c1ccccc1)c1ccccc1)=C(CC(c1ccccc1)(c1ccccc1)c1ccccc1)O[Si](C)(C)C. The van der Waals surface area contributed by atoms with Crippen LogP contribution < -0.4 is 0 Å². The van der Waals surface area contributed by atoms with E-state index in [4.69, 9.17) is 8.85 Å². The lowest BCUT2D eigenvalue weighted by atomic mass is 9.65. The average molecular weight is 717 g/mol. The number of benzene rings is 6. The molecule has 52 heavy (non-hydrogen) atoms. The van der Waals surface area contributed by atoms with Crippen LogP contribution in [0.2, 0.25) is 39.3 Å². The second-order valence-electron chi connectivity index (χ2n) is 15.6. The van der Waals surface area contributed by atoms with Gasteiger partial charge in [0.15, 0.2) is 0 Å². The summed E-state index contributed by atoms with van der Waals surface area (Å²) in [5, 5.41) is 0. The van der Waals surface area contributed by atoms with Gasteiger partial charge in [-0.15, -0.1) is 0 Å². The van der Waals surface area contributed by atoms with Gasteiger partial charge in [-0.1, -0.05) is 182 Å². The van der Waals surface area contributed by atoms with Gasteiger partial charge in [0, 0.05) is 12.8 Å². The van der Waals surface area contributed by atoms with Crippen LogP contribution in [0.3, 0.4) is 0 Å². The maximum Gasteiger partial charge on any atom is 0.241 e. The fourth-order valence-corrected chi connectivity index (χ4v) is 9.40. The first-order valence-electron chi connectivity index (χ1n) is 18.4. The monoisotopic (exact) mass is 716 g/mol. The molecule has 0 spiro atoms. The third-order valence-electron chi connectivity index (χ3n) is 9.62. The predicted molar refractivity (Wildman–Crippen MR) is 224 cm³/mol. The minimum absolute atomic E-state index is 0.554. The van der Waals surface area contributed by atoms with Crippen molar-refractivity contribution in [3.63, 3.8) is 0 Å². The van der Waals surface area contributed by atoms with Gasteiger partial charge in [-0.2, -0.15) is 0 Å². The molecular formula is C48H52O2Si2. The summed E-state index contributed by atoms with van der Waals surface area (Å²) in [6.45, 7) is 13.7. The molecule has 2 nitrogen and oxygen atoms in total. The molecule has 0 atom stereocenters. The largest absolute Gasteiger partial charge is 0.545 e. The summed E-state index contributed by atoms with van der Waals surface area (Å²) in [5.41, 5.74) is 6.21. The smallest absolute Gasteiger partial charge is 0.241 e. The first-order valence-corrected chi connectivity index (χ1v) is 25.3. The molecule has 0 saturated heterocycles. The summed E-state index contributed by atoms with van der Waals surface area (Å²) in [6.07, 6.45) is 1.20. The van der Waals surface area contributed by atoms with Gasteiger partial charge in [-0.25, -0.2) is 0 Å². The zero-order chi connectivity index (χ0) is 36.7. The Morgan fingerprint density at radius 1 is 0.327 bits per heavy atom. The van der Waals surface area contributed by atoms with E-state index in [9.17, 15) is 0 Å². The summed E-state index contributed by atoms with van der Waals surface area (Å²) in [4.78, 5) is 0. The zero-order valence-corrected chi connectivity index (χ0v) is 33.6. The van der Waals surface area contributed by atoms with Crippen LogP contribution in [0.25, 0.3) is 0 Å². The Labute approximate surface area is 314 Å². The molecule has 0 aliphatic rings. The lowest BCUT2D eigenvalue weighted by Crippen LogP contribution is -2.37. The number of hydrogen-bond acceptors (Lipinski definition) is 2. The third-order valence-corrected chi connectivity index (χ3v) is 11.3. The van der Waals surface area contributed by atoms with Gasteiger partial charge in [0.2, 0.25) is 16.6 Å². The Morgan fingerprint density at radius 3 is 0.654 bits per heavy atom. The van der Waals surface area contributed by atoms with Crippen LogP contribution in [0.15, 0.2) is 194 Å². The van der Waals surface area contributed by atoms with Gasteiger partial charge in [0.25, 0.3) is 0 Å².